The summed E-state index contributed by atoms with van der Waals surface area (Å²) in [5, 5.41) is 5.52. The highest BCUT2D eigenvalue weighted by Crippen LogP contribution is 2.14. The first-order valence-electron chi connectivity index (χ1n) is 8.40. The largest absolute Gasteiger partial charge is 0.459 e. The average Bonchev–Trinajstić information content (AvgIpc) is 3.24. The van der Waals surface area contributed by atoms with Crippen molar-refractivity contribution in [2.45, 2.75) is 13.8 Å². The summed E-state index contributed by atoms with van der Waals surface area (Å²) in [5.74, 6) is -0.690. The Balaban J connectivity index is 2.10. The summed E-state index contributed by atoms with van der Waals surface area (Å²) in [6.45, 7) is 5.44. The van der Waals surface area contributed by atoms with Gasteiger partial charge in [0, 0.05) is 25.0 Å². The van der Waals surface area contributed by atoms with Crippen LogP contribution in [-0.2, 0) is 4.79 Å². The number of aromatic amines is 1. The number of furan rings is 1. The van der Waals surface area contributed by atoms with E-state index in [1.165, 1.54) is 6.26 Å². The molecule has 2 heterocycles. The molecule has 7 heteroatoms. The topological polar surface area (TPSA) is 90.4 Å². The van der Waals surface area contributed by atoms with E-state index in [9.17, 15) is 9.59 Å². The highest BCUT2D eigenvalue weighted by atomic mass is 16.3. The zero-order valence-corrected chi connectivity index (χ0v) is 15.6. The van der Waals surface area contributed by atoms with Crippen molar-refractivity contribution in [2.24, 2.45) is 5.41 Å². The molecule has 0 aromatic carbocycles. The maximum Gasteiger partial charge on any atom is 0.291 e. The van der Waals surface area contributed by atoms with Gasteiger partial charge in [0.1, 0.15) is 5.70 Å². The van der Waals surface area contributed by atoms with Crippen molar-refractivity contribution in [2.75, 3.05) is 27.2 Å². The van der Waals surface area contributed by atoms with Gasteiger partial charge in [0.05, 0.1) is 6.26 Å². The third-order valence-electron chi connectivity index (χ3n) is 3.63. The van der Waals surface area contributed by atoms with Crippen molar-refractivity contribution in [1.82, 2.24) is 20.5 Å². The highest BCUT2D eigenvalue weighted by Gasteiger charge is 2.22. The van der Waals surface area contributed by atoms with Crippen LogP contribution in [0.1, 0.15) is 30.1 Å². The van der Waals surface area contributed by atoms with Gasteiger partial charge in [0.25, 0.3) is 11.8 Å². The minimum atomic E-state index is -0.476. The maximum atomic E-state index is 12.7. The van der Waals surface area contributed by atoms with Crippen LogP contribution in [0.3, 0.4) is 0 Å². The molecule has 26 heavy (non-hydrogen) atoms. The van der Waals surface area contributed by atoms with E-state index in [1.54, 1.807) is 24.4 Å². The Hall–Kier alpha value is -2.80. The molecule has 2 aromatic heterocycles. The molecule has 0 fully saturated rings. The summed E-state index contributed by atoms with van der Waals surface area (Å²) >= 11 is 0. The molecule has 140 valence electrons. The van der Waals surface area contributed by atoms with E-state index >= 15 is 0 Å². The number of amides is 2. The van der Waals surface area contributed by atoms with Crippen molar-refractivity contribution in [1.29, 1.82) is 0 Å². The van der Waals surface area contributed by atoms with Crippen LogP contribution in [0.2, 0.25) is 0 Å². The van der Waals surface area contributed by atoms with Crippen LogP contribution < -0.4 is 10.6 Å². The summed E-state index contributed by atoms with van der Waals surface area (Å²) in [5.41, 5.74) is 0.749. The molecule has 7 nitrogen and oxygen atoms in total. The van der Waals surface area contributed by atoms with E-state index in [1.807, 2.05) is 26.2 Å². The monoisotopic (exact) mass is 358 g/mol. The van der Waals surface area contributed by atoms with Crippen molar-refractivity contribution < 1.29 is 14.0 Å². The molecule has 0 saturated carbocycles. The first kappa shape index (κ1) is 19.5. The van der Waals surface area contributed by atoms with E-state index < -0.39 is 5.91 Å². The van der Waals surface area contributed by atoms with E-state index in [2.05, 4.69) is 34.4 Å². The Morgan fingerprint density at radius 2 is 2.04 bits per heavy atom. The number of nitrogens with zero attached hydrogens (tertiary/aromatic N) is 1. The zero-order chi connectivity index (χ0) is 19.2. The van der Waals surface area contributed by atoms with Crippen LogP contribution in [0.15, 0.2) is 46.8 Å². The second-order valence-electron chi connectivity index (χ2n) is 7.20. The predicted molar refractivity (Wildman–Crippen MR) is 100 cm³/mol. The summed E-state index contributed by atoms with van der Waals surface area (Å²) < 4.78 is 5.08. The van der Waals surface area contributed by atoms with Crippen LogP contribution in [0.4, 0.5) is 0 Å². The molecule has 0 aliphatic rings. The lowest BCUT2D eigenvalue weighted by Gasteiger charge is -2.28. The average molecular weight is 358 g/mol. The zero-order valence-electron chi connectivity index (χ0n) is 15.6. The minimum absolute atomic E-state index is 0.109. The normalized spacial score (nSPS) is 12.3. The number of rotatable bonds is 8. The first-order valence-corrected chi connectivity index (χ1v) is 8.40. The number of carbonyl (C=O) groups excluding carboxylic acids is 2. The Bertz CT molecular complexity index is 744. The summed E-state index contributed by atoms with van der Waals surface area (Å²) in [6, 6.07) is 6.78. The van der Waals surface area contributed by atoms with E-state index in [-0.39, 0.29) is 22.8 Å². The first-order chi connectivity index (χ1) is 12.3. The Morgan fingerprint density at radius 3 is 2.62 bits per heavy atom. The highest BCUT2D eigenvalue weighted by molar-refractivity contribution is 6.04. The number of nitrogens with one attached hydrogen (secondary N) is 3. The lowest BCUT2D eigenvalue weighted by molar-refractivity contribution is -0.118. The number of aromatic nitrogens is 1. The molecule has 2 aromatic rings. The molecule has 2 rings (SSSR count). The van der Waals surface area contributed by atoms with Gasteiger partial charge in [-0.1, -0.05) is 13.8 Å². The third-order valence-corrected chi connectivity index (χ3v) is 3.63. The van der Waals surface area contributed by atoms with Gasteiger partial charge in [-0.3, -0.25) is 9.59 Å². The van der Waals surface area contributed by atoms with E-state index in [0.29, 0.717) is 12.2 Å². The number of carbonyl (C=O) groups is 2. The van der Waals surface area contributed by atoms with E-state index in [0.717, 1.165) is 6.54 Å². The van der Waals surface area contributed by atoms with Gasteiger partial charge in [-0.25, -0.2) is 0 Å². The molecular formula is C19H26N4O3. The lowest BCUT2D eigenvalue weighted by Crippen LogP contribution is -2.42. The second-order valence-corrected chi connectivity index (χ2v) is 7.20. The fourth-order valence-electron chi connectivity index (χ4n) is 2.67. The molecule has 0 bridgehead atoms. The van der Waals surface area contributed by atoms with Gasteiger partial charge in [0.15, 0.2) is 5.76 Å². The van der Waals surface area contributed by atoms with Gasteiger partial charge in [-0.05, 0) is 49.9 Å². The van der Waals surface area contributed by atoms with Gasteiger partial charge in [-0.15, -0.1) is 0 Å². The number of hydrogen-bond donors (Lipinski definition) is 3. The van der Waals surface area contributed by atoms with Crippen LogP contribution >= 0.6 is 0 Å². The van der Waals surface area contributed by atoms with Crippen molar-refractivity contribution in [3.63, 3.8) is 0 Å². The number of hydrogen-bond acceptors (Lipinski definition) is 4. The SMILES string of the molecule is CN(C)CC(C)(C)CNC(=O)/C(=C/c1ccc[nH]1)NC(=O)c1ccco1. The van der Waals surface area contributed by atoms with Crippen LogP contribution in [-0.4, -0.2) is 48.9 Å². The van der Waals surface area contributed by atoms with Gasteiger partial charge in [0.2, 0.25) is 0 Å². The third kappa shape index (κ3) is 5.93. The predicted octanol–water partition coefficient (Wildman–Crippen LogP) is 2.08. The molecule has 0 spiro atoms. The van der Waals surface area contributed by atoms with Gasteiger partial charge in [-0.2, -0.15) is 0 Å². The fourth-order valence-corrected chi connectivity index (χ4v) is 2.67. The molecule has 0 aliphatic heterocycles. The van der Waals surface area contributed by atoms with Crippen molar-refractivity contribution in [3.8, 4) is 0 Å². The lowest BCUT2D eigenvalue weighted by atomic mass is 9.93. The molecular weight excluding hydrogens is 332 g/mol. The quantitative estimate of drug-likeness (QED) is 0.630. The van der Waals surface area contributed by atoms with Crippen molar-refractivity contribution in [3.05, 3.63) is 53.9 Å². The molecule has 3 N–H and O–H groups in total. The van der Waals surface area contributed by atoms with Gasteiger partial charge < -0.3 is 24.9 Å². The van der Waals surface area contributed by atoms with Crippen LogP contribution in [0.25, 0.3) is 6.08 Å². The Labute approximate surface area is 153 Å². The Morgan fingerprint density at radius 1 is 1.27 bits per heavy atom. The summed E-state index contributed by atoms with van der Waals surface area (Å²) in [4.78, 5) is 30.0. The van der Waals surface area contributed by atoms with Crippen LogP contribution in [0.5, 0.6) is 0 Å². The van der Waals surface area contributed by atoms with Crippen molar-refractivity contribution >= 4 is 17.9 Å². The fraction of sp³-hybridized carbons (Fsp3) is 0.368. The molecule has 2 amide bonds. The standard InChI is InChI=1S/C19H26N4O3/c1-19(2,13-23(3)4)12-21-17(24)15(11-14-7-5-9-20-14)22-18(25)16-8-6-10-26-16/h5-11,20H,12-13H2,1-4H3,(H,21,24)(H,22,25)/b15-11-. The second kappa shape index (κ2) is 8.53. The molecule has 0 unspecified atom stereocenters. The molecule has 0 atom stereocenters. The van der Waals surface area contributed by atoms with Gasteiger partial charge >= 0.3 is 0 Å². The minimum Gasteiger partial charge on any atom is -0.459 e. The number of H-pyrrole nitrogens is 1. The molecule has 0 radical (unpaired) electrons. The maximum absolute atomic E-state index is 12.7. The van der Waals surface area contributed by atoms with E-state index in [4.69, 9.17) is 4.42 Å². The molecule has 0 saturated heterocycles. The Kier molecular flexibility index (Phi) is 6.41. The summed E-state index contributed by atoms with van der Waals surface area (Å²) in [6.07, 6.45) is 4.75. The summed E-state index contributed by atoms with van der Waals surface area (Å²) in [7, 11) is 3.98. The molecule has 0 aliphatic carbocycles. The smallest absolute Gasteiger partial charge is 0.291 e. The van der Waals surface area contributed by atoms with Crippen LogP contribution in [0, 0.1) is 5.41 Å².